The molecule has 52 heavy (non-hydrogen) atoms. The second-order valence-electron chi connectivity index (χ2n) is 11.7. The van der Waals surface area contributed by atoms with Crippen molar-refractivity contribution in [3.63, 3.8) is 0 Å². The molecular weight excluding hydrogens is 692 g/mol. The molecule has 0 saturated carbocycles. The number of hydrogen-bond donors (Lipinski definition) is 6. The molecule has 3 rings (SSSR count). The summed E-state index contributed by atoms with van der Waals surface area (Å²) in [5.74, 6) is -6.16. The minimum atomic E-state index is -1.78. The van der Waals surface area contributed by atoms with Gasteiger partial charge in [-0.3, -0.25) is 24.1 Å². The molecule has 276 valence electrons. The third kappa shape index (κ3) is 12.3. The average molecular weight is 735 g/mol. The third-order valence-electron chi connectivity index (χ3n) is 7.82. The number of nitrogens with zero attached hydrogens (tertiary/aromatic N) is 1. The van der Waals surface area contributed by atoms with Crippen molar-refractivity contribution in [1.29, 1.82) is 0 Å². The van der Waals surface area contributed by atoms with Gasteiger partial charge in [0.2, 0.25) is 17.7 Å². The van der Waals surface area contributed by atoms with Crippen LogP contribution in [0.25, 0.3) is 0 Å². The standard InChI is InChI=1S/C37H42N4O10S/c1-3-26-19-25(16-17-30(26)41(34(45)37(50)51)31-14-8-7-13-27(31)35(46)47)20-28(39-23(2)42)33(44)38-18-10-9-15-32(43)40-29(36(48)49)22-52-21-24-11-5-4-6-12-24/h4-8,11-14,16-17,19,28-29H,3,9-10,15,18,20-22H2,1-2H3,(H,38,44)(H,39,42)(H,40,43)(H,46,47)(H,48,49)(H,50,51)/t28-,29-/m0/s1. The fraction of sp³-hybridized carbons (Fsp3) is 0.324. The number of carboxylic acid groups (broad SMARTS) is 3. The molecule has 0 radical (unpaired) electrons. The first-order valence-corrected chi connectivity index (χ1v) is 17.7. The number of para-hydroxylation sites is 1. The number of nitrogens with one attached hydrogen (secondary N) is 3. The van der Waals surface area contributed by atoms with E-state index in [2.05, 4.69) is 16.0 Å². The van der Waals surface area contributed by atoms with Crippen molar-refractivity contribution in [3.05, 3.63) is 95.1 Å². The molecule has 0 unspecified atom stereocenters. The number of unbranched alkanes of at least 4 members (excludes halogenated alkanes) is 1. The summed E-state index contributed by atoms with van der Waals surface area (Å²) in [7, 11) is 0. The predicted octanol–water partition coefficient (Wildman–Crippen LogP) is 3.53. The Morgan fingerprint density at radius 3 is 2.12 bits per heavy atom. The van der Waals surface area contributed by atoms with Crippen molar-refractivity contribution in [1.82, 2.24) is 16.0 Å². The number of anilines is 2. The zero-order valence-electron chi connectivity index (χ0n) is 28.8. The first-order valence-electron chi connectivity index (χ1n) is 16.5. The maximum atomic E-state index is 13.1. The van der Waals surface area contributed by atoms with Crippen LogP contribution in [0.1, 0.15) is 60.2 Å². The van der Waals surface area contributed by atoms with Crippen molar-refractivity contribution in [2.24, 2.45) is 0 Å². The topological polar surface area (TPSA) is 220 Å². The van der Waals surface area contributed by atoms with E-state index < -0.39 is 53.6 Å². The van der Waals surface area contributed by atoms with E-state index >= 15 is 0 Å². The molecule has 14 nitrogen and oxygen atoms in total. The molecule has 15 heteroatoms. The van der Waals surface area contributed by atoms with Crippen LogP contribution in [0.2, 0.25) is 0 Å². The van der Waals surface area contributed by atoms with E-state index in [0.29, 0.717) is 36.1 Å². The van der Waals surface area contributed by atoms with Crippen molar-refractivity contribution >= 4 is 64.7 Å². The summed E-state index contributed by atoms with van der Waals surface area (Å²) < 4.78 is 0. The van der Waals surface area contributed by atoms with Crippen molar-refractivity contribution in [3.8, 4) is 0 Å². The number of aliphatic carboxylic acids is 2. The lowest BCUT2D eigenvalue weighted by molar-refractivity contribution is -0.148. The van der Waals surface area contributed by atoms with Gasteiger partial charge < -0.3 is 31.3 Å². The Kier molecular flexibility index (Phi) is 15.8. The lowest BCUT2D eigenvalue weighted by Crippen LogP contribution is -2.47. The van der Waals surface area contributed by atoms with Crippen LogP contribution in [0.3, 0.4) is 0 Å². The van der Waals surface area contributed by atoms with Crippen LogP contribution in [0.5, 0.6) is 0 Å². The molecule has 0 aromatic heterocycles. The van der Waals surface area contributed by atoms with Crippen molar-refractivity contribution < 1.29 is 48.9 Å². The SMILES string of the molecule is CCc1cc(C[C@H](NC(C)=O)C(=O)NCCCCC(=O)N[C@@H](CSCc2ccccc2)C(=O)O)ccc1N(C(=O)C(=O)O)c1ccccc1C(=O)O. The van der Waals surface area contributed by atoms with E-state index in [9.17, 15) is 48.9 Å². The molecule has 0 saturated heterocycles. The van der Waals surface area contributed by atoms with E-state index in [1.165, 1.54) is 49.0 Å². The number of benzene rings is 3. The van der Waals surface area contributed by atoms with Gasteiger partial charge in [-0.2, -0.15) is 11.8 Å². The predicted molar refractivity (Wildman–Crippen MR) is 194 cm³/mol. The minimum absolute atomic E-state index is 0.0402. The van der Waals surface area contributed by atoms with E-state index in [1.807, 2.05) is 30.3 Å². The second kappa shape index (κ2) is 20.2. The highest BCUT2D eigenvalue weighted by Gasteiger charge is 2.30. The largest absolute Gasteiger partial charge is 0.480 e. The van der Waals surface area contributed by atoms with Gasteiger partial charge in [0.25, 0.3) is 0 Å². The van der Waals surface area contributed by atoms with Crippen molar-refractivity contribution in [2.75, 3.05) is 17.2 Å². The fourth-order valence-corrected chi connectivity index (χ4v) is 6.31. The van der Waals surface area contributed by atoms with E-state index in [4.69, 9.17) is 0 Å². The monoisotopic (exact) mass is 734 g/mol. The molecule has 0 aliphatic carbocycles. The normalized spacial score (nSPS) is 11.8. The number of hydrogen-bond acceptors (Lipinski definition) is 8. The van der Waals surface area contributed by atoms with Gasteiger partial charge in [-0.15, -0.1) is 0 Å². The molecule has 2 atom stereocenters. The molecule has 0 fully saturated rings. The van der Waals surface area contributed by atoms with E-state index in [1.54, 1.807) is 19.1 Å². The van der Waals surface area contributed by atoms with Gasteiger partial charge in [-0.25, -0.2) is 14.4 Å². The molecule has 0 aliphatic rings. The summed E-state index contributed by atoms with van der Waals surface area (Å²) in [6.45, 7) is 3.21. The zero-order chi connectivity index (χ0) is 38.2. The lowest BCUT2D eigenvalue weighted by Gasteiger charge is -2.26. The Bertz CT molecular complexity index is 1770. The number of carbonyl (C=O) groups is 7. The number of aromatic carboxylic acids is 1. The lowest BCUT2D eigenvalue weighted by atomic mass is 9.99. The summed E-state index contributed by atoms with van der Waals surface area (Å²) in [5.41, 5.74) is 1.87. The van der Waals surface area contributed by atoms with Crippen LogP contribution < -0.4 is 20.9 Å². The third-order valence-corrected chi connectivity index (χ3v) is 8.93. The molecule has 4 amide bonds. The van der Waals surface area contributed by atoms with Crippen LogP contribution in [0.15, 0.2) is 72.8 Å². The highest BCUT2D eigenvalue weighted by atomic mass is 32.2. The summed E-state index contributed by atoms with van der Waals surface area (Å²) in [4.78, 5) is 86.7. The summed E-state index contributed by atoms with van der Waals surface area (Å²) in [6.07, 6.45) is 1.19. The van der Waals surface area contributed by atoms with Crippen LogP contribution in [-0.2, 0) is 47.4 Å². The Morgan fingerprint density at radius 2 is 1.48 bits per heavy atom. The Balaban J connectivity index is 1.61. The van der Waals surface area contributed by atoms with Crippen molar-refractivity contribution in [2.45, 2.75) is 63.8 Å². The molecule has 0 spiro atoms. The Hall–Kier alpha value is -5.70. The minimum Gasteiger partial charge on any atom is -0.480 e. The summed E-state index contributed by atoms with van der Waals surface area (Å²) in [5, 5.41) is 36.7. The number of aryl methyl sites for hydroxylation is 1. The zero-order valence-corrected chi connectivity index (χ0v) is 29.6. The molecule has 3 aromatic rings. The van der Waals surface area contributed by atoms with Crippen LogP contribution >= 0.6 is 11.8 Å². The maximum absolute atomic E-state index is 13.1. The maximum Gasteiger partial charge on any atom is 0.395 e. The van der Waals surface area contributed by atoms with Crippen LogP contribution in [-0.4, -0.2) is 81.2 Å². The van der Waals surface area contributed by atoms with E-state index in [-0.39, 0.29) is 42.1 Å². The average Bonchev–Trinajstić information content (AvgIpc) is 3.11. The smallest absolute Gasteiger partial charge is 0.395 e. The van der Waals surface area contributed by atoms with Gasteiger partial charge in [-0.1, -0.05) is 61.5 Å². The molecule has 6 N–H and O–H groups in total. The first kappa shape index (κ1) is 40.7. The Morgan fingerprint density at radius 1 is 0.788 bits per heavy atom. The van der Waals surface area contributed by atoms with Crippen LogP contribution in [0.4, 0.5) is 11.4 Å². The number of carboxylic acids is 3. The first-order chi connectivity index (χ1) is 24.8. The Labute approximate surface area is 305 Å². The number of carbonyl (C=O) groups excluding carboxylic acids is 4. The quantitative estimate of drug-likeness (QED) is 0.0773. The fourth-order valence-electron chi connectivity index (χ4n) is 5.31. The highest BCUT2D eigenvalue weighted by Crippen LogP contribution is 2.33. The number of rotatable bonds is 19. The van der Waals surface area contributed by atoms with Gasteiger partial charge in [0.05, 0.1) is 16.9 Å². The van der Waals surface area contributed by atoms with Gasteiger partial charge in [0, 0.05) is 37.8 Å². The molecular formula is C37H42N4O10S. The number of amides is 4. The van der Waals surface area contributed by atoms with Gasteiger partial charge in [0.1, 0.15) is 12.1 Å². The van der Waals surface area contributed by atoms with Gasteiger partial charge in [0.15, 0.2) is 0 Å². The molecule has 0 aliphatic heterocycles. The molecule has 3 aromatic carbocycles. The van der Waals surface area contributed by atoms with Gasteiger partial charge in [-0.05, 0) is 54.2 Å². The summed E-state index contributed by atoms with van der Waals surface area (Å²) >= 11 is 1.40. The molecule has 0 bridgehead atoms. The summed E-state index contributed by atoms with van der Waals surface area (Å²) in [6, 6.07) is 17.8. The molecule has 0 heterocycles. The van der Waals surface area contributed by atoms with Gasteiger partial charge >= 0.3 is 23.8 Å². The van der Waals surface area contributed by atoms with E-state index in [0.717, 1.165) is 10.5 Å². The highest BCUT2D eigenvalue weighted by molar-refractivity contribution is 7.98. The second-order valence-corrected chi connectivity index (χ2v) is 12.8. The number of thioether (sulfide) groups is 1. The van der Waals surface area contributed by atoms with Crippen LogP contribution in [0, 0.1) is 0 Å².